The Bertz CT molecular complexity index is 5900. The van der Waals surface area contributed by atoms with Gasteiger partial charge in [-0.1, -0.05) is 224 Å². The molecule has 18 rings (SSSR count). The molecule has 384 valence electrons. The maximum Gasteiger partial charge on any atom is 0.220 e. The lowest BCUT2D eigenvalue weighted by Gasteiger charge is -2.24. The molecule has 83 heavy (non-hydrogen) atoms. The zero-order valence-electron chi connectivity index (χ0n) is 47.9. The highest BCUT2D eigenvalue weighted by atomic mass is 15.2. The van der Waals surface area contributed by atoms with Crippen molar-refractivity contribution < 1.29 is 4.11 Å². The summed E-state index contributed by atoms with van der Waals surface area (Å²) in [6.07, 6.45) is 0. The molecule has 0 aliphatic heterocycles. The third kappa shape index (κ3) is 6.65. The van der Waals surface area contributed by atoms with Gasteiger partial charge in [0.15, 0.2) is 0 Å². The van der Waals surface area contributed by atoms with E-state index in [9.17, 15) is 0 Å². The molecule has 3 heteroatoms. The van der Waals surface area contributed by atoms with Gasteiger partial charge in [0.2, 0.25) is 5.78 Å². The normalized spacial score (nSPS) is 12.8. The second kappa shape index (κ2) is 17.6. The Morgan fingerprint density at radius 3 is 1.14 bits per heavy atom. The van der Waals surface area contributed by atoms with Crippen LogP contribution in [0.3, 0.4) is 0 Å². The highest BCUT2D eigenvalue weighted by Gasteiger charge is 2.25. The molecule has 1 aliphatic rings. The summed E-state index contributed by atoms with van der Waals surface area (Å²) >= 11 is 0. The molecular formula is C80H49N3. The van der Waals surface area contributed by atoms with Crippen molar-refractivity contribution in [1.29, 1.82) is 0 Å². The summed E-state index contributed by atoms with van der Waals surface area (Å²) in [6, 6.07) is 102. The fraction of sp³-hybridized carbons (Fsp3) is 0.0125. The average molecular weight is 1060 g/mol. The molecule has 0 fully saturated rings. The molecule has 0 bridgehead atoms. The predicted molar refractivity (Wildman–Crippen MR) is 353 cm³/mol. The summed E-state index contributed by atoms with van der Waals surface area (Å²) in [5, 5.41) is 19.4. The van der Waals surface area contributed by atoms with Crippen molar-refractivity contribution in [1.82, 2.24) is 14.0 Å². The molecule has 0 unspecified atom stereocenters. The van der Waals surface area contributed by atoms with Gasteiger partial charge in [-0.3, -0.25) is 8.97 Å². The van der Waals surface area contributed by atoms with Crippen LogP contribution in [0.1, 0.15) is 9.68 Å². The van der Waals surface area contributed by atoms with Crippen LogP contribution >= 0.6 is 0 Å². The number of fused-ring (bicyclic) bond motifs is 29. The molecule has 0 radical (unpaired) electrons. The number of hydrogen-bond acceptors (Lipinski definition) is 1. The highest BCUT2D eigenvalue weighted by molar-refractivity contribution is 6.32. The molecule has 0 N–H and O–H groups in total. The second-order valence-corrected chi connectivity index (χ2v) is 22.3. The van der Waals surface area contributed by atoms with Crippen molar-refractivity contribution in [3.05, 3.63) is 285 Å². The van der Waals surface area contributed by atoms with Gasteiger partial charge in [-0.05, 0) is 209 Å². The quantitative estimate of drug-likeness (QED) is 0.169. The Morgan fingerprint density at radius 2 is 0.627 bits per heavy atom. The van der Waals surface area contributed by atoms with Crippen LogP contribution < -0.4 is 0 Å². The van der Waals surface area contributed by atoms with Crippen molar-refractivity contribution in [3.63, 3.8) is 0 Å². The monoisotopic (exact) mass is 1050 g/mol. The minimum Gasteiger partial charge on any atom is -0.278 e. The Labute approximate surface area is 482 Å². The molecule has 15 aromatic carbocycles. The van der Waals surface area contributed by atoms with Gasteiger partial charge in [0.05, 0.1) is 22.1 Å². The first-order valence-electron chi connectivity index (χ1n) is 30.0. The van der Waals surface area contributed by atoms with Gasteiger partial charge in [0.1, 0.15) is 0 Å². The first kappa shape index (κ1) is 43.0. The van der Waals surface area contributed by atoms with Gasteiger partial charge in [0, 0.05) is 9.80 Å². The summed E-state index contributed by atoms with van der Waals surface area (Å²) in [7, 11) is 0. The molecule has 2 aromatic heterocycles. The molecule has 1 aliphatic carbocycles. The van der Waals surface area contributed by atoms with Gasteiger partial charge in [-0.25, -0.2) is 4.98 Å². The molecule has 0 saturated heterocycles. The van der Waals surface area contributed by atoms with E-state index in [1.807, 2.05) is 18.2 Å². The van der Waals surface area contributed by atoms with E-state index in [1.54, 1.807) is 6.07 Å². The first-order chi connectivity index (χ1) is 42.3. The zero-order chi connectivity index (χ0) is 56.9. The number of hydrogen-bond donors (Lipinski definition) is 0. The van der Waals surface area contributed by atoms with E-state index in [0.29, 0.717) is 11.3 Å². The topological polar surface area (TPSA) is 22.2 Å². The van der Waals surface area contributed by atoms with Crippen molar-refractivity contribution >= 4 is 114 Å². The van der Waals surface area contributed by atoms with Crippen molar-refractivity contribution in [2.45, 2.75) is 6.85 Å². The van der Waals surface area contributed by atoms with Gasteiger partial charge < -0.3 is 0 Å². The van der Waals surface area contributed by atoms with Gasteiger partial charge in [0.25, 0.3) is 0 Å². The number of imidazole rings is 2. The average Bonchev–Trinajstić information content (AvgIpc) is 1.80. The predicted octanol–water partition coefficient (Wildman–Crippen LogP) is 21.7. The molecular weight excluding hydrogens is 1000 g/mol. The highest BCUT2D eigenvalue weighted by Crippen LogP contribution is 2.50. The summed E-state index contributed by atoms with van der Waals surface area (Å²) in [5.41, 5.74) is 15.7. The van der Waals surface area contributed by atoms with Crippen LogP contribution in [0.15, 0.2) is 279 Å². The van der Waals surface area contributed by atoms with E-state index in [-0.39, 0.29) is 5.56 Å². The van der Waals surface area contributed by atoms with Crippen molar-refractivity contribution in [2.24, 2.45) is 0 Å². The lowest BCUT2D eigenvalue weighted by molar-refractivity contribution is 1.11. The number of rotatable bonds is 2. The fourth-order valence-corrected chi connectivity index (χ4v) is 14.3. The fourth-order valence-electron chi connectivity index (χ4n) is 14.3. The van der Waals surface area contributed by atoms with E-state index in [0.717, 1.165) is 66.7 Å². The van der Waals surface area contributed by atoms with Gasteiger partial charge in [-0.15, -0.1) is 0 Å². The van der Waals surface area contributed by atoms with Crippen LogP contribution in [0.5, 0.6) is 0 Å². The van der Waals surface area contributed by atoms with Crippen molar-refractivity contribution in [2.75, 3.05) is 0 Å². The van der Waals surface area contributed by atoms with E-state index < -0.39 is 6.85 Å². The molecule has 0 amide bonds. The second-order valence-electron chi connectivity index (χ2n) is 22.3. The van der Waals surface area contributed by atoms with Crippen molar-refractivity contribution in [3.8, 4) is 61.3 Å². The third-order valence-electron chi connectivity index (χ3n) is 18.0. The lowest BCUT2D eigenvalue weighted by atomic mass is 9.80. The Balaban J connectivity index is 0.893. The number of aromatic nitrogens is 3. The minimum atomic E-state index is -2.33. The van der Waals surface area contributed by atoms with Gasteiger partial charge in [-0.2, -0.15) is 0 Å². The smallest absolute Gasteiger partial charge is 0.220 e. The molecule has 0 atom stereocenters. The van der Waals surface area contributed by atoms with E-state index in [4.69, 9.17) is 9.10 Å². The van der Waals surface area contributed by atoms with Crippen LogP contribution in [0, 0.1) is 6.85 Å². The van der Waals surface area contributed by atoms with Gasteiger partial charge >= 0.3 is 0 Å². The van der Waals surface area contributed by atoms with E-state index >= 15 is 0 Å². The van der Waals surface area contributed by atoms with E-state index in [1.165, 1.54) is 97.3 Å². The number of aryl methyl sites for hydroxylation is 1. The molecule has 2 heterocycles. The lowest BCUT2D eigenvalue weighted by Crippen LogP contribution is -2.00. The zero-order valence-corrected chi connectivity index (χ0v) is 44.9. The summed E-state index contributed by atoms with van der Waals surface area (Å²) in [6.45, 7) is -2.33. The standard InChI is InChI=1S/C80H49N3/c1-48-19-18-36-78-79(48)81-80-82(76-34-16-17-35-77(76)83(78)80)51-39-42-68-70-44-50(37-40-66(70)58-26-5-4-22-54(58)55-23-6-10-28-60(55)71(68)45-51)49-38-41-67-59-27-9-13-31-63(59)74-46-72-61-29-11-7-24-56(61)52-20-2-3-21-53(52)57-25-8-12-30-62(57)73(72)47-75(74)65-33-15-14-32-64(65)69(67)43-49/h2-47H,1H3/i1D3. The maximum atomic E-state index is 8.46. The molecule has 3 nitrogen and oxygen atoms in total. The summed E-state index contributed by atoms with van der Waals surface area (Å²) < 4.78 is 29.7. The van der Waals surface area contributed by atoms with Crippen LogP contribution in [-0.4, -0.2) is 14.0 Å². The van der Waals surface area contributed by atoms with Crippen LogP contribution in [0.2, 0.25) is 0 Å². The Kier molecular flexibility index (Phi) is 9.10. The largest absolute Gasteiger partial charge is 0.278 e. The first-order valence-corrected chi connectivity index (χ1v) is 28.5. The SMILES string of the molecule is [2H]C([2H])([2H])c1cccc2c1nc1n(-c3ccc4c(c3)-c3ccccc3-c3ccccc3-c3ccc(-c5ccc6c7ccccc7c7cc8c9ccccc9c9ccccc9c9ccccc9c8cc7c7ccccc7c6c5)cc3-4)c3ccccc3n21. The van der Waals surface area contributed by atoms with Crippen LogP contribution in [0.4, 0.5) is 0 Å². The maximum absolute atomic E-state index is 8.46. The van der Waals surface area contributed by atoms with Crippen LogP contribution in [-0.2, 0) is 0 Å². The summed E-state index contributed by atoms with van der Waals surface area (Å²) in [4.78, 5) is 5.19. The number of para-hydroxylation sites is 3. The Morgan fingerprint density at radius 1 is 0.265 bits per heavy atom. The number of benzene rings is 13. The van der Waals surface area contributed by atoms with Crippen LogP contribution in [0.25, 0.3) is 175 Å². The summed E-state index contributed by atoms with van der Waals surface area (Å²) in [5.74, 6) is 0.657. The molecule has 0 spiro atoms. The third-order valence-corrected chi connectivity index (χ3v) is 18.0. The number of nitrogens with zero attached hydrogens (tertiary/aromatic N) is 3. The molecule has 0 saturated carbocycles. The minimum absolute atomic E-state index is 0.242. The molecule has 17 aromatic rings. The van der Waals surface area contributed by atoms with E-state index in [2.05, 4.69) is 264 Å². The Hall–Kier alpha value is -10.9.